The largest absolute Gasteiger partial charge is 0.508 e. The summed E-state index contributed by atoms with van der Waals surface area (Å²) in [6.45, 7) is 3.25. The van der Waals surface area contributed by atoms with Crippen LogP contribution in [0.25, 0.3) is 0 Å². The second-order valence-corrected chi connectivity index (χ2v) is 8.61. The molecule has 1 fully saturated rings. The van der Waals surface area contributed by atoms with Crippen molar-refractivity contribution in [3.63, 3.8) is 0 Å². The van der Waals surface area contributed by atoms with Crippen LogP contribution in [0.5, 0.6) is 5.75 Å². The monoisotopic (exact) mass is 478 g/mol. The van der Waals surface area contributed by atoms with E-state index in [0.29, 0.717) is 24.8 Å². The van der Waals surface area contributed by atoms with Gasteiger partial charge in [0.1, 0.15) is 23.9 Å². The van der Waals surface area contributed by atoms with Gasteiger partial charge in [-0.15, -0.1) is 0 Å². The first kappa shape index (κ1) is 27.1. The highest BCUT2D eigenvalue weighted by molar-refractivity contribution is 5.94. The summed E-state index contributed by atoms with van der Waals surface area (Å²) in [6, 6.07) is 1.68. The highest BCUT2D eigenvalue weighted by Gasteiger charge is 2.39. The van der Waals surface area contributed by atoms with Crippen LogP contribution in [0.3, 0.4) is 0 Å². The SMILES string of the molecule is CCC(C)C(N)C(=O)NC(CO)C(=O)N1CCCC1C(=O)NC(Cc1ccc(O)cc1)C(=O)O. The van der Waals surface area contributed by atoms with E-state index >= 15 is 0 Å². The minimum atomic E-state index is -1.26. The maximum Gasteiger partial charge on any atom is 0.326 e. The first-order valence-electron chi connectivity index (χ1n) is 11.4. The standard InChI is InChI=1S/C23H34N4O7/c1-3-13(2)19(24)21(31)26-17(12-28)22(32)27-10-4-5-18(27)20(30)25-16(23(33)34)11-14-6-8-15(29)9-7-14/h6-9,13,16-19,28-29H,3-5,10-12,24H2,1-2H3,(H,25,30)(H,26,31)(H,33,34). The Labute approximate surface area is 198 Å². The van der Waals surface area contributed by atoms with Gasteiger partial charge in [-0.25, -0.2) is 4.79 Å². The number of hydrogen-bond donors (Lipinski definition) is 6. The van der Waals surface area contributed by atoms with E-state index in [1.165, 1.54) is 17.0 Å². The van der Waals surface area contributed by atoms with E-state index in [9.17, 15) is 34.5 Å². The Bertz CT molecular complexity index is 877. The summed E-state index contributed by atoms with van der Waals surface area (Å²) in [7, 11) is 0. The van der Waals surface area contributed by atoms with Gasteiger partial charge in [0, 0.05) is 13.0 Å². The van der Waals surface area contributed by atoms with Crippen LogP contribution in [0, 0.1) is 5.92 Å². The lowest BCUT2D eigenvalue weighted by Gasteiger charge is -2.29. The normalized spacial score (nSPS) is 19.1. The van der Waals surface area contributed by atoms with Gasteiger partial charge in [-0.05, 0) is 36.5 Å². The van der Waals surface area contributed by atoms with Gasteiger partial charge in [0.2, 0.25) is 17.7 Å². The number of likely N-dealkylation sites (tertiary alicyclic amines) is 1. The van der Waals surface area contributed by atoms with Gasteiger partial charge in [0.25, 0.3) is 0 Å². The zero-order chi connectivity index (χ0) is 25.4. The summed E-state index contributed by atoms with van der Waals surface area (Å²) in [5.41, 5.74) is 6.51. The fraction of sp³-hybridized carbons (Fsp3) is 0.565. The number of nitrogens with two attached hydrogens (primary N) is 1. The van der Waals surface area contributed by atoms with Crippen LogP contribution >= 0.6 is 0 Å². The third-order valence-corrected chi connectivity index (χ3v) is 6.19. The molecule has 188 valence electrons. The number of hydrogen-bond acceptors (Lipinski definition) is 7. The van der Waals surface area contributed by atoms with E-state index < -0.39 is 54.5 Å². The molecule has 11 nitrogen and oxygen atoms in total. The number of amides is 3. The number of aliphatic hydroxyl groups is 1. The summed E-state index contributed by atoms with van der Waals surface area (Å²) in [6.07, 6.45) is 1.49. The molecule has 1 aliphatic heterocycles. The lowest BCUT2D eigenvalue weighted by Crippen LogP contribution is -2.58. The van der Waals surface area contributed by atoms with Gasteiger partial charge in [-0.3, -0.25) is 14.4 Å². The summed E-state index contributed by atoms with van der Waals surface area (Å²) < 4.78 is 0. The molecule has 0 spiro atoms. The summed E-state index contributed by atoms with van der Waals surface area (Å²) >= 11 is 0. The van der Waals surface area contributed by atoms with Gasteiger partial charge in [-0.1, -0.05) is 32.4 Å². The van der Waals surface area contributed by atoms with Crippen molar-refractivity contribution in [1.82, 2.24) is 15.5 Å². The molecule has 5 atom stereocenters. The molecule has 0 aromatic heterocycles. The number of benzene rings is 1. The molecular formula is C23H34N4O7. The third-order valence-electron chi connectivity index (χ3n) is 6.19. The predicted molar refractivity (Wildman–Crippen MR) is 123 cm³/mol. The molecule has 1 aromatic rings. The molecule has 1 heterocycles. The van der Waals surface area contributed by atoms with E-state index in [4.69, 9.17) is 5.73 Å². The molecule has 1 aliphatic rings. The number of nitrogens with zero attached hydrogens (tertiary/aromatic N) is 1. The van der Waals surface area contributed by atoms with Crippen molar-refractivity contribution in [3.8, 4) is 5.75 Å². The molecule has 11 heteroatoms. The van der Waals surface area contributed by atoms with Crippen molar-refractivity contribution in [3.05, 3.63) is 29.8 Å². The molecule has 5 unspecified atom stereocenters. The van der Waals surface area contributed by atoms with Gasteiger partial charge < -0.3 is 36.6 Å². The Balaban J connectivity index is 2.07. The summed E-state index contributed by atoms with van der Waals surface area (Å²) in [5, 5.41) is 33.6. The van der Waals surface area contributed by atoms with Crippen LogP contribution < -0.4 is 16.4 Å². The predicted octanol–water partition coefficient (Wildman–Crippen LogP) is -0.654. The van der Waals surface area contributed by atoms with E-state index in [1.54, 1.807) is 19.1 Å². The van der Waals surface area contributed by atoms with Crippen LogP contribution in [-0.4, -0.2) is 81.2 Å². The number of aliphatic hydroxyl groups excluding tert-OH is 1. The maximum atomic E-state index is 13.0. The number of nitrogens with one attached hydrogen (secondary N) is 2. The fourth-order valence-electron chi connectivity index (χ4n) is 3.80. The second kappa shape index (κ2) is 12.3. The number of aromatic hydroxyl groups is 1. The highest BCUT2D eigenvalue weighted by atomic mass is 16.4. The van der Waals surface area contributed by atoms with E-state index in [-0.39, 0.29) is 24.6 Å². The number of phenolic OH excluding ortho intramolecular Hbond substituents is 1. The number of carboxylic acid groups (broad SMARTS) is 1. The van der Waals surface area contributed by atoms with Crippen molar-refractivity contribution >= 4 is 23.7 Å². The molecule has 34 heavy (non-hydrogen) atoms. The number of aliphatic carboxylic acids is 1. The van der Waals surface area contributed by atoms with Crippen molar-refractivity contribution in [2.24, 2.45) is 11.7 Å². The van der Waals surface area contributed by atoms with Crippen molar-refractivity contribution in [1.29, 1.82) is 0 Å². The lowest BCUT2D eigenvalue weighted by molar-refractivity contribution is -0.145. The minimum absolute atomic E-state index is 0.00908. The Morgan fingerprint density at radius 1 is 1.15 bits per heavy atom. The fourth-order valence-corrected chi connectivity index (χ4v) is 3.80. The Kier molecular flexibility index (Phi) is 9.82. The molecule has 0 saturated carbocycles. The van der Waals surface area contributed by atoms with E-state index in [2.05, 4.69) is 10.6 Å². The summed E-state index contributed by atoms with van der Waals surface area (Å²) in [5.74, 6) is -3.15. The zero-order valence-corrected chi connectivity index (χ0v) is 19.4. The third kappa shape index (κ3) is 6.91. The van der Waals surface area contributed by atoms with Crippen LogP contribution in [-0.2, 0) is 25.6 Å². The molecule has 1 saturated heterocycles. The molecule has 0 bridgehead atoms. The van der Waals surface area contributed by atoms with Gasteiger partial charge in [0.15, 0.2) is 0 Å². The molecule has 0 aliphatic carbocycles. The van der Waals surface area contributed by atoms with Crippen LogP contribution in [0.4, 0.5) is 0 Å². The van der Waals surface area contributed by atoms with Crippen LogP contribution in [0.1, 0.15) is 38.7 Å². The molecule has 3 amide bonds. The molecular weight excluding hydrogens is 444 g/mol. The van der Waals surface area contributed by atoms with E-state index in [1.807, 2.05) is 6.92 Å². The lowest BCUT2D eigenvalue weighted by atomic mass is 9.99. The Hall–Kier alpha value is -3.18. The summed E-state index contributed by atoms with van der Waals surface area (Å²) in [4.78, 5) is 51.3. The molecule has 2 rings (SSSR count). The van der Waals surface area contributed by atoms with Gasteiger partial charge >= 0.3 is 5.97 Å². The van der Waals surface area contributed by atoms with Crippen LogP contribution in [0.2, 0.25) is 0 Å². The maximum absolute atomic E-state index is 13.0. The number of carbonyl (C=O) groups excluding carboxylic acids is 3. The van der Waals surface area contributed by atoms with Crippen LogP contribution in [0.15, 0.2) is 24.3 Å². The van der Waals surface area contributed by atoms with Crippen molar-refractivity contribution < 1.29 is 34.5 Å². The van der Waals surface area contributed by atoms with Crippen molar-refractivity contribution in [2.45, 2.75) is 63.7 Å². The topological polar surface area (TPSA) is 182 Å². The number of carbonyl (C=O) groups is 4. The second-order valence-electron chi connectivity index (χ2n) is 8.61. The number of carboxylic acids is 1. The van der Waals surface area contributed by atoms with Gasteiger partial charge in [0.05, 0.1) is 12.6 Å². The number of phenols is 1. The zero-order valence-electron chi connectivity index (χ0n) is 19.4. The molecule has 7 N–H and O–H groups in total. The molecule has 1 aromatic carbocycles. The van der Waals surface area contributed by atoms with E-state index in [0.717, 1.165) is 0 Å². The Morgan fingerprint density at radius 3 is 2.35 bits per heavy atom. The first-order valence-corrected chi connectivity index (χ1v) is 11.4. The number of rotatable bonds is 11. The first-order chi connectivity index (χ1) is 16.1. The average Bonchev–Trinajstić information content (AvgIpc) is 3.31. The van der Waals surface area contributed by atoms with Gasteiger partial charge in [-0.2, -0.15) is 0 Å². The Morgan fingerprint density at radius 2 is 1.79 bits per heavy atom. The quantitative estimate of drug-likeness (QED) is 0.242. The van der Waals surface area contributed by atoms with Crippen molar-refractivity contribution in [2.75, 3.05) is 13.2 Å². The molecule has 0 radical (unpaired) electrons. The smallest absolute Gasteiger partial charge is 0.326 e. The highest BCUT2D eigenvalue weighted by Crippen LogP contribution is 2.20. The minimum Gasteiger partial charge on any atom is -0.508 e. The average molecular weight is 479 g/mol.